The first kappa shape index (κ1) is 77.3. The molecule has 0 N–H and O–H groups in total. The van der Waals surface area contributed by atoms with Crippen molar-refractivity contribution in [3.8, 4) is 134 Å². The van der Waals surface area contributed by atoms with Gasteiger partial charge in [0.15, 0.2) is 0 Å². The highest BCUT2D eigenvalue weighted by Crippen LogP contribution is 2.64. The van der Waals surface area contributed by atoms with E-state index >= 15 is 0 Å². The van der Waals surface area contributed by atoms with E-state index in [0.29, 0.717) is 0 Å². The second-order valence-electron chi connectivity index (χ2n) is 37.8. The molecule has 0 saturated heterocycles. The molecule has 0 aliphatic heterocycles. The van der Waals surface area contributed by atoms with Crippen LogP contribution in [0.4, 0.5) is 0 Å². The van der Waals surface area contributed by atoms with E-state index in [4.69, 9.17) is 0 Å². The minimum atomic E-state index is 1.26. The maximum Gasteiger partial charge on any atom is -0.000718 e. The van der Waals surface area contributed by atoms with E-state index in [1.807, 2.05) is 0 Å². The zero-order valence-corrected chi connectivity index (χ0v) is 75.4. The largest absolute Gasteiger partial charge is 0.0616 e. The third kappa shape index (κ3) is 11.7. The van der Waals surface area contributed by atoms with Crippen molar-refractivity contribution in [3.05, 3.63) is 458 Å². The Labute approximate surface area is 778 Å². The summed E-state index contributed by atoms with van der Waals surface area (Å²) < 4.78 is 0. The highest BCUT2D eigenvalue weighted by atomic mass is 14.4. The van der Waals surface area contributed by atoms with Crippen molar-refractivity contribution < 1.29 is 0 Å². The van der Waals surface area contributed by atoms with Gasteiger partial charge in [0.05, 0.1) is 0 Å². The van der Waals surface area contributed by atoms with Crippen LogP contribution >= 0.6 is 0 Å². The van der Waals surface area contributed by atoms with Gasteiger partial charge in [0.2, 0.25) is 0 Å². The molecule has 0 unspecified atom stereocenters. The molecule has 0 radical (unpaired) electrons. The predicted molar refractivity (Wildman–Crippen MR) is 579 cm³/mol. The Morgan fingerprint density at radius 3 is 0.664 bits per heavy atom. The molecule has 0 atom stereocenters. The highest BCUT2D eigenvalue weighted by Gasteiger charge is 2.37. The molecule has 0 amide bonds. The Morgan fingerprint density at radius 1 is 0.112 bits per heavy atom. The molecule has 624 valence electrons. The maximum absolute atomic E-state index is 2.42. The molecule has 0 spiro atoms. The first-order valence-electron chi connectivity index (χ1n) is 47.2. The minimum Gasteiger partial charge on any atom is -0.0616 e. The van der Waals surface area contributed by atoms with Crippen molar-refractivity contribution in [2.75, 3.05) is 0 Å². The molecule has 0 bridgehead atoms. The smallest absolute Gasteiger partial charge is 0.000718 e. The van der Waals surface area contributed by atoms with Crippen LogP contribution in [-0.2, 0) is 0 Å². The topological polar surface area (TPSA) is 0 Å². The Balaban J connectivity index is 0.000000103. The van der Waals surface area contributed by atoms with Crippen molar-refractivity contribution >= 4 is 151 Å². The number of hydrogen-bond acceptors (Lipinski definition) is 0. The van der Waals surface area contributed by atoms with E-state index in [1.165, 1.54) is 318 Å². The van der Waals surface area contributed by atoms with Crippen LogP contribution in [-0.4, -0.2) is 0 Å². The van der Waals surface area contributed by atoms with E-state index in [2.05, 4.69) is 466 Å². The van der Waals surface area contributed by atoms with E-state index in [1.54, 1.807) is 0 Å². The number of hydrogen-bond donors (Lipinski definition) is 0. The van der Waals surface area contributed by atoms with E-state index < -0.39 is 0 Å². The highest BCUT2D eigenvalue weighted by molar-refractivity contribution is 6.34. The van der Waals surface area contributed by atoms with Crippen LogP contribution in [0.2, 0.25) is 0 Å². The molecular formula is C134H88. The molecule has 26 aromatic rings. The summed E-state index contributed by atoms with van der Waals surface area (Å²) in [6.45, 7) is 13.4. The van der Waals surface area contributed by atoms with Crippen molar-refractivity contribution in [1.29, 1.82) is 0 Å². The maximum atomic E-state index is 2.42. The number of aryl methyl sites for hydroxylation is 6. The van der Waals surface area contributed by atoms with Crippen LogP contribution in [0, 0.1) is 41.5 Å². The van der Waals surface area contributed by atoms with Gasteiger partial charge >= 0.3 is 0 Å². The summed E-state index contributed by atoms with van der Waals surface area (Å²) in [7, 11) is 0. The van der Waals surface area contributed by atoms with Crippen LogP contribution in [0.5, 0.6) is 0 Å². The standard InChI is InChI=1S/C50H32.2C42H28/c1-29-14-20-42-45(22-29)47(38-19-17-36-24-32-9-4-6-11-34(32)26-40(36)28-38)50-44-21-15-30(2)41-12-7-13-43(48(41)44)49(50)46(42)37-18-16-35-23-31-8-3-5-10-33(31)25-39(35)27-37;1-25-20-22-34-37(24-25)40(33-18-8-13-28-11-4-6-15-31(28)33)41-35-19-9-16-29-26(2)21-23-36(38(29)35)42(41)39(34)32-17-7-12-27-10-3-5-14-30(27)32;1-25-20-22-34-37(24-25)40(33-18-8-13-28-11-4-6-15-31(28)33)42-36-23-21-26(2)29-16-9-19-35(38(29)36)41(42)39(34)32-17-7-12-27-10-3-5-14-30(27)32/h3-28H,1-2H3;2*3-24H,1-2H3. The molecule has 3 aliphatic rings. The third-order valence-electron chi connectivity index (χ3n) is 30.0. The van der Waals surface area contributed by atoms with Gasteiger partial charge in [-0.1, -0.05) is 405 Å². The summed E-state index contributed by atoms with van der Waals surface area (Å²) in [5.74, 6) is 0. The molecular weight excluding hydrogens is 1610 g/mol. The lowest BCUT2D eigenvalue weighted by atomic mass is 9.80. The predicted octanol–water partition coefficient (Wildman–Crippen LogP) is 38.0. The Hall–Kier alpha value is -16.6. The first-order chi connectivity index (χ1) is 66.0. The van der Waals surface area contributed by atoms with Crippen LogP contribution in [0.3, 0.4) is 0 Å². The van der Waals surface area contributed by atoms with Gasteiger partial charge in [-0.2, -0.15) is 0 Å². The summed E-state index contributed by atoms with van der Waals surface area (Å²) in [4.78, 5) is 0. The van der Waals surface area contributed by atoms with Crippen LogP contribution < -0.4 is 0 Å². The molecule has 0 heteroatoms. The summed E-state index contributed by atoms with van der Waals surface area (Å²) in [5, 5.41) is 36.4. The van der Waals surface area contributed by atoms with Crippen molar-refractivity contribution in [3.63, 3.8) is 0 Å². The molecule has 134 heavy (non-hydrogen) atoms. The average Bonchev–Trinajstić information content (AvgIpc) is 1.44. The first-order valence-corrected chi connectivity index (χ1v) is 47.2. The lowest BCUT2D eigenvalue weighted by Crippen LogP contribution is -1.95. The fourth-order valence-corrected chi connectivity index (χ4v) is 24.0. The molecule has 29 rings (SSSR count). The molecule has 26 aromatic carbocycles. The van der Waals surface area contributed by atoms with Gasteiger partial charge in [-0.15, -0.1) is 0 Å². The summed E-state index contributed by atoms with van der Waals surface area (Å²) in [6.07, 6.45) is 0. The van der Waals surface area contributed by atoms with E-state index in [-0.39, 0.29) is 0 Å². The molecule has 3 aliphatic carbocycles. The molecule has 0 fully saturated rings. The number of benzene rings is 26. The van der Waals surface area contributed by atoms with E-state index in [9.17, 15) is 0 Å². The average molecular weight is 1700 g/mol. The molecule has 0 saturated carbocycles. The summed E-state index contributed by atoms with van der Waals surface area (Å²) in [5.41, 5.74) is 39.6. The lowest BCUT2D eigenvalue weighted by Gasteiger charge is -2.22. The van der Waals surface area contributed by atoms with Gasteiger partial charge in [-0.25, -0.2) is 0 Å². The summed E-state index contributed by atoms with van der Waals surface area (Å²) in [6, 6.07) is 159. The van der Waals surface area contributed by atoms with Crippen molar-refractivity contribution in [1.82, 2.24) is 0 Å². The Bertz CT molecular complexity index is 9390. The zero-order valence-electron chi connectivity index (χ0n) is 75.4. The van der Waals surface area contributed by atoms with Crippen LogP contribution in [0.15, 0.2) is 425 Å². The fourth-order valence-electron chi connectivity index (χ4n) is 24.0. The quantitative estimate of drug-likeness (QED) is 0.146. The Kier molecular flexibility index (Phi) is 17.3. The lowest BCUT2D eigenvalue weighted by molar-refractivity contribution is 1.50. The minimum absolute atomic E-state index is 1.26. The Morgan fingerprint density at radius 2 is 0.336 bits per heavy atom. The molecule has 0 aromatic heterocycles. The van der Waals surface area contributed by atoms with Gasteiger partial charge in [-0.3, -0.25) is 0 Å². The van der Waals surface area contributed by atoms with Gasteiger partial charge in [0, 0.05) is 0 Å². The van der Waals surface area contributed by atoms with Crippen molar-refractivity contribution in [2.24, 2.45) is 0 Å². The van der Waals surface area contributed by atoms with Crippen molar-refractivity contribution in [2.45, 2.75) is 41.5 Å². The van der Waals surface area contributed by atoms with Gasteiger partial charge in [0.1, 0.15) is 0 Å². The van der Waals surface area contributed by atoms with Gasteiger partial charge in [0.25, 0.3) is 0 Å². The second kappa shape index (κ2) is 30.0. The summed E-state index contributed by atoms with van der Waals surface area (Å²) >= 11 is 0. The monoisotopic (exact) mass is 1700 g/mol. The molecule has 0 nitrogen and oxygen atoms in total. The second-order valence-corrected chi connectivity index (χ2v) is 37.8. The third-order valence-corrected chi connectivity index (χ3v) is 30.0. The molecule has 0 heterocycles. The SMILES string of the molecule is Cc1ccc2c(-c3ccc4cc5ccccc5cc4c3)c3c(c(-c4ccc5cc6ccccc6cc5c4)c2c1)-c1ccc(C)c2cccc-3c12.Cc1ccc2c(-c3cccc4ccccc34)c3c(c(-c4cccc5ccccc45)c2c1)-c1ccc(C)c2cccc-3c12.Cc1ccc2c(-c3cccc4ccccc34)c3c(c(-c4cccc5ccccc45)c2c1)-c1cccc2c(C)ccc-3c12. The van der Waals surface area contributed by atoms with Crippen LogP contribution in [0.1, 0.15) is 33.4 Å². The van der Waals surface area contributed by atoms with E-state index in [0.717, 1.165) is 0 Å². The number of fused-ring (bicyclic) bond motifs is 20. The normalized spacial score (nSPS) is 12.1. The number of rotatable bonds is 6. The van der Waals surface area contributed by atoms with Crippen LogP contribution in [0.25, 0.3) is 284 Å². The fraction of sp³-hybridized carbons (Fsp3) is 0.0448. The zero-order chi connectivity index (χ0) is 89.0. The van der Waals surface area contributed by atoms with Gasteiger partial charge in [-0.05, 0) is 379 Å². The van der Waals surface area contributed by atoms with Gasteiger partial charge < -0.3 is 0 Å².